The van der Waals surface area contributed by atoms with Gasteiger partial charge in [0.05, 0.1) is 0 Å². The number of hydrogen-bond acceptors (Lipinski definition) is 5. The van der Waals surface area contributed by atoms with Crippen molar-refractivity contribution in [1.29, 1.82) is 0 Å². The molecule has 0 saturated heterocycles. The van der Waals surface area contributed by atoms with Gasteiger partial charge in [-0.25, -0.2) is 15.0 Å². The zero-order valence-electron chi connectivity index (χ0n) is 27.7. The quantitative estimate of drug-likeness (QED) is 0.187. The van der Waals surface area contributed by atoms with Crippen molar-refractivity contribution in [2.75, 3.05) is 0 Å². The molecule has 0 radical (unpaired) electrons. The van der Waals surface area contributed by atoms with Crippen LogP contribution in [0.2, 0.25) is 0 Å². The molecule has 0 saturated carbocycles. The molecule has 8 aromatic carbocycles. The lowest BCUT2D eigenvalue weighted by Gasteiger charge is -2.10. The zero-order chi connectivity index (χ0) is 34.2. The third kappa shape index (κ3) is 4.60. The lowest BCUT2D eigenvalue weighted by atomic mass is 9.97. The van der Waals surface area contributed by atoms with Crippen molar-refractivity contribution in [3.05, 3.63) is 164 Å². The van der Waals surface area contributed by atoms with E-state index >= 15 is 0 Å². The van der Waals surface area contributed by atoms with Crippen molar-refractivity contribution in [3.63, 3.8) is 0 Å². The van der Waals surface area contributed by atoms with E-state index in [1.54, 1.807) is 0 Å². The number of hydrogen-bond donors (Lipinski definition) is 0. The summed E-state index contributed by atoms with van der Waals surface area (Å²) in [5, 5.41) is 8.97. The molecule has 52 heavy (non-hydrogen) atoms. The van der Waals surface area contributed by atoms with Crippen LogP contribution in [0.3, 0.4) is 0 Å². The maximum atomic E-state index is 6.37. The molecule has 0 atom stereocenters. The predicted molar refractivity (Wildman–Crippen MR) is 211 cm³/mol. The first-order valence-corrected chi connectivity index (χ1v) is 17.3. The number of para-hydroxylation sites is 1. The van der Waals surface area contributed by atoms with E-state index in [2.05, 4.69) is 127 Å². The first-order valence-electron chi connectivity index (χ1n) is 17.3. The predicted octanol–water partition coefficient (Wildman–Crippen LogP) is 12.6. The number of aromatic nitrogens is 3. The van der Waals surface area contributed by atoms with Crippen molar-refractivity contribution in [3.8, 4) is 45.3 Å². The maximum Gasteiger partial charge on any atom is 0.164 e. The van der Waals surface area contributed by atoms with Crippen molar-refractivity contribution >= 4 is 65.4 Å². The Balaban J connectivity index is 1.06. The molecule has 242 valence electrons. The van der Waals surface area contributed by atoms with Gasteiger partial charge in [0.15, 0.2) is 17.5 Å². The zero-order valence-corrected chi connectivity index (χ0v) is 27.7. The third-order valence-corrected chi connectivity index (χ3v) is 10.1. The van der Waals surface area contributed by atoms with Gasteiger partial charge in [-0.05, 0) is 81.2 Å². The molecular formula is C47H27N3O2. The Labute approximate surface area is 297 Å². The summed E-state index contributed by atoms with van der Waals surface area (Å²) in [7, 11) is 0. The van der Waals surface area contributed by atoms with Gasteiger partial charge >= 0.3 is 0 Å². The highest BCUT2D eigenvalue weighted by Gasteiger charge is 2.17. The van der Waals surface area contributed by atoms with Crippen LogP contribution in [0.4, 0.5) is 0 Å². The summed E-state index contributed by atoms with van der Waals surface area (Å²) in [6.07, 6.45) is 0. The van der Waals surface area contributed by atoms with Gasteiger partial charge in [0.1, 0.15) is 22.3 Å². The van der Waals surface area contributed by atoms with E-state index in [4.69, 9.17) is 23.8 Å². The topological polar surface area (TPSA) is 65.0 Å². The molecule has 5 nitrogen and oxygen atoms in total. The summed E-state index contributed by atoms with van der Waals surface area (Å²) >= 11 is 0. The van der Waals surface area contributed by atoms with E-state index in [1.807, 2.05) is 36.4 Å². The van der Waals surface area contributed by atoms with Gasteiger partial charge in [0, 0.05) is 38.2 Å². The lowest BCUT2D eigenvalue weighted by molar-refractivity contribution is 0.669. The highest BCUT2D eigenvalue weighted by molar-refractivity contribution is 6.15. The van der Waals surface area contributed by atoms with E-state index in [0.717, 1.165) is 82.5 Å². The summed E-state index contributed by atoms with van der Waals surface area (Å²) in [6, 6.07) is 56.5. The molecular weight excluding hydrogens is 639 g/mol. The Morgan fingerprint density at radius 3 is 1.67 bits per heavy atom. The second-order valence-electron chi connectivity index (χ2n) is 13.2. The minimum absolute atomic E-state index is 0.603. The van der Waals surface area contributed by atoms with Crippen LogP contribution in [-0.2, 0) is 0 Å². The standard InChI is InChI=1S/C47H27N3O2/c1-2-9-31-24-34(21-16-28(31)8-1)46-48-45(49-47(50-46)35-22-23-41-38(26-35)37-12-5-6-14-40(37)51-41)30-19-17-29(18-20-30)36-13-7-15-42-44(36)39-25-32-10-3-4-11-33(32)27-43(39)52-42/h1-27H. The SMILES string of the molecule is c1ccc2cc(-c3nc(-c4ccc(-c5cccc6oc7cc8ccccc8cc7c56)cc4)nc(-c4ccc5oc6ccccc6c5c4)n3)ccc2c1. The van der Waals surface area contributed by atoms with Gasteiger partial charge in [-0.2, -0.15) is 0 Å². The third-order valence-electron chi connectivity index (χ3n) is 10.1. The summed E-state index contributed by atoms with van der Waals surface area (Å²) in [5.41, 5.74) is 8.38. The number of fused-ring (bicyclic) bond motifs is 8. The molecule has 0 spiro atoms. The Kier molecular flexibility index (Phi) is 6.18. The van der Waals surface area contributed by atoms with E-state index in [0.29, 0.717) is 17.5 Å². The highest BCUT2D eigenvalue weighted by atomic mass is 16.3. The van der Waals surface area contributed by atoms with E-state index in [1.165, 1.54) is 10.8 Å². The molecule has 11 rings (SSSR count). The maximum absolute atomic E-state index is 6.37. The molecule has 11 aromatic rings. The van der Waals surface area contributed by atoms with Gasteiger partial charge in [-0.1, -0.05) is 115 Å². The minimum Gasteiger partial charge on any atom is -0.456 e. The van der Waals surface area contributed by atoms with Crippen LogP contribution in [0.25, 0.3) is 111 Å². The fourth-order valence-corrected chi connectivity index (χ4v) is 7.51. The summed E-state index contributed by atoms with van der Waals surface area (Å²) in [4.78, 5) is 15.2. The summed E-state index contributed by atoms with van der Waals surface area (Å²) in [5.74, 6) is 1.83. The van der Waals surface area contributed by atoms with Gasteiger partial charge in [0.25, 0.3) is 0 Å². The van der Waals surface area contributed by atoms with Crippen LogP contribution in [0, 0.1) is 0 Å². The Morgan fingerprint density at radius 1 is 0.308 bits per heavy atom. The monoisotopic (exact) mass is 665 g/mol. The Morgan fingerprint density at radius 2 is 0.865 bits per heavy atom. The number of rotatable bonds is 4. The van der Waals surface area contributed by atoms with E-state index in [9.17, 15) is 0 Å². The number of furan rings is 2. The van der Waals surface area contributed by atoms with Crippen LogP contribution >= 0.6 is 0 Å². The van der Waals surface area contributed by atoms with Crippen molar-refractivity contribution in [2.24, 2.45) is 0 Å². The van der Waals surface area contributed by atoms with Crippen molar-refractivity contribution in [2.45, 2.75) is 0 Å². The van der Waals surface area contributed by atoms with Gasteiger partial charge < -0.3 is 8.83 Å². The molecule has 0 aliphatic rings. The van der Waals surface area contributed by atoms with Crippen LogP contribution in [0.15, 0.2) is 173 Å². The fraction of sp³-hybridized carbons (Fsp3) is 0. The molecule has 0 amide bonds. The van der Waals surface area contributed by atoms with Crippen LogP contribution in [-0.4, -0.2) is 15.0 Å². The van der Waals surface area contributed by atoms with Crippen LogP contribution < -0.4 is 0 Å². The second-order valence-corrected chi connectivity index (χ2v) is 13.2. The first kappa shape index (κ1) is 28.7. The average molecular weight is 666 g/mol. The summed E-state index contributed by atoms with van der Waals surface area (Å²) < 4.78 is 12.5. The number of benzene rings is 8. The molecule has 0 N–H and O–H groups in total. The molecule has 0 bridgehead atoms. The minimum atomic E-state index is 0.603. The fourth-order valence-electron chi connectivity index (χ4n) is 7.51. The van der Waals surface area contributed by atoms with Gasteiger partial charge in [-0.15, -0.1) is 0 Å². The molecule has 0 aliphatic heterocycles. The first-order chi connectivity index (χ1) is 25.7. The smallest absolute Gasteiger partial charge is 0.164 e. The van der Waals surface area contributed by atoms with Gasteiger partial charge in [0.2, 0.25) is 0 Å². The van der Waals surface area contributed by atoms with Crippen LogP contribution in [0.5, 0.6) is 0 Å². The van der Waals surface area contributed by atoms with Crippen molar-refractivity contribution < 1.29 is 8.83 Å². The molecule has 0 aliphatic carbocycles. The molecule has 3 heterocycles. The van der Waals surface area contributed by atoms with Gasteiger partial charge in [-0.3, -0.25) is 0 Å². The van der Waals surface area contributed by atoms with E-state index < -0.39 is 0 Å². The highest BCUT2D eigenvalue weighted by Crippen LogP contribution is 2.39. The second kappa shape index (κ2) is 11.2. The van der Waals surface area contributed by atoms with Crippen molar-refractivity contribution in [1.82, 2.24) is 15.0 Å². The lowest BCUT2D eigenvalue weighted by Crippen LogP contribution is -2.00. The molecule has 0 fully saturated rings. The normalized spacial score (nSPS) is 11.8. The largest absolute Gasteiger partial charge is 0.456 e. The molecule has 0 unspecified atom stereocenters. The van der Waals surface area contributed by atoms with Crippen LogP contribution in [0.1, 0.15) is 0 Å². The Bertz CT molecular complexity index is 3190. The number of nitrogens with zero attached hydrogens (tertiary/aromatic N) is 3. The molecule has 3 aromatic heterocycles. The Hall–Kier alpha value is -7.11. The molecule has 5 heteroatoms. The average Bonchev–Trinajstić information content (AvgIpc) is 3.77. The van der Waals surface area contributed by atoms with E-state index in [-0.39, 0.29) is 0 Å². The summed E-state index contributed by atoms with van der Waals surface area (Å²) in [6.45, 7) is 0.